The summed E-state index contributed by atoms with van der Waals surface area (Å²) < 4.78 is 7.43. The van der Waals surface area contributed by atoms with Gasteiger partial charge in [-0.1, -0.05) is 32.0 Å². The van der Waals surface area contributed by atoms with Crippen LogP contribution in [0.25, 0.3) is 0 Å². The SMILES string of the molecule is Cc1ccccc1OCn1ccc(C(=O)N2C[C@H](C)C[C@H](C)C2)n1. The van der Waals surface area contributed by atoms with Gasteiger partial charge in [-0.05, 0) is 42.9 Å². The first-order valence-corrected chi connectivity index (χ1v) is 8.54. The molecule has 2 heterocycles. The fourth-order valence-corrected chi connectivity index (χ4v) is 3.39. The normalized spacial score (nSPS) is 20.9. The predicted octanol–water partition coefficient (Wildman–Crippen LogP) is 3.35. The summed E-state index contributed by atoms with van der Waals surface area (Å²) in [6.07, 6.45) is 2.98. The number of nitrogens with zero attached hydrogens (tertiary/aromatic N) is 3. The molecule has 0 radical (unpaired) electrons. The minimum absolute atomic E-state index is 0.0167. The van der Waals surface area contributed by atoms with E-state index < -0.39 is 0 Å². The van der Waals surface area contributed by atoms with Crippen LogP contribution in [0.1, 0.15) is 36.3 Å². The Bertz CT molecular complexity index is 700. The molecule has 1 aliphatic rings. The first-order valence-electron chi connectivity index (χ1n) is 8.54. The van der Waals surface area contributed by atoms with E-state index in [0.29, 0.717) is 24.3 Å². The summed E-state index contributed by atoms with van der Waals surface area (Å²) in [5, 5.41) is 4.38. The topological polar surface area (TPSA) is 47.4 Å². The van der Waals surface area contributed by atoms with E-state index in [1.807, 2.05) is 36.1 Å². The van der Waals surface area contributed by atoms with Gasteiger partial charge in [0, 0.05) is 19.3 Å². The van der Waals surface area contributed by atoms with Crippen LogP contribution in [0.4, 0.5) is 0 Å². The molecule has 1 aromatic heterocycles. The van der Waals surface area contributed by atoms with Crippen molar-refractivity contribution in [2.45, 2.75) is 33.9 Å². The van der Waals surface area contributed by atoms with Gasteiger partial charge >= 0.3 is 0 Å². The second-order valence-electron chi connectivity index (χ2n) is 6.94. The molecule has 0 aliphatic carbocycles. The number of hydrogen-bond donors (Lipinski definition) is 0. The second kappa shape index (κ2) is 7.07. The molecule has 0 N–H and O–H groups in total. The number of benzene rings is 1. The summed E-state index contributed by atoms with van der Waals surface area (Å²) in [6.45, 7) is 8.33. The lowest BCUT2D eigenvalue weighted by Crippen LogP contribution is -2.42. The number of piperidine rings is 1. The average Bonchev–Trinajstić information content (AvgIpc) is 3.01. The molecule has 1 amide bonds. The number of likely N-dealkylation sites (tertiary alicyclic amines) is 1. The number of hydrogen-bond acceptors (Lipinski definition) is 3. The third-order valence-corrected chi connectivity index (χ3v) is 4.46. The zero-order chi connectivity index (χ0) is 17.1. The average molecular weight is 327 g/mol. The summed E-state index contributed by atoms with van der Waals surface area (Å²) in [5.41, 5.74) is 1.57. The molecule has 2 atom stereocenters. The lowest BCUT2D eigenvalue weighted by molar-refractivity contribution is 0.0615. The zero-order valence-corrected chi connectivity index (χ0v) is 14.6. The van der Waals surface area contributed by atoms with Crippen LogP contribution in [0.15, 0.2) is 36.5 Å². The molecule has 128 valence electrons. The largest absolute Gasteiger partial charge is 0.471 e. The van der Waals surface area contributed by atoms with E-state index in [0.717, 1.165) is 24.4 Å². The van der Waals surface area contributed by atoms with Crippen LogP contribution in [0.2, 0.25) is 0 Å². The molecule has 1 aliphatic heterocycles. The van der Waals surface area contributed by atoms with Crippen LogP contribution in [-0.2, 0) is 6.73 Å². The van der Waals surface area contributed by atoms with Crippen molar-refractivity contribution in [3.8, 4) is 5.75 Å². The molecule has 0 spiro atoms. The van der Waals surface area contributed by atoms with Crippen LogP contribution < -0.4 is 4.74 Å². The fraction of sp³-hybridized carbons (Fsp3) is 0.474. The van der Waals surface area contributed by atoms with Gasteiger partial charge in [0.1, 0.15) is 5.75 Å². The van der Waals surface area contributed by atoms with Gasteiger partial charge < -0.3 is 9.64 Å². The number of ether oxygens (including phenoxy) is 1. The standard InChI is InChI=1S/C19H25N3O2/c1-14-10-15(2)12-21(11-14)19(23)17-8-9-22(20-17)13-24-18-7-5-4-6-16(18)3/h4-9,14-15H,10-13H2,1-3H3/t14-,15+. The molecule has 24 heavy (non-hydrogen) atoms. The Morgan fingerprint density at radius 1 is 1.21 bits per heavy atom. The molecule has 1 fully saturated rings. The van der Waals surface area contributed by atoms with Crippen molar-refractivity contribution in [2.24, 2.45) is 11.8 Å². The van der Waals surface area contributed by atoms with E-state index in [1.54, 1.807) is 16.9 Å². The van der Waals surface area contributed by atoms with E-state index in [-0.39, 0.29) is 5.91 Å². The van der Waals surface area contributed by atoms with Gasteiger partial charge in [0.2, 0.25) is 0 Å². The van der Waals surface area contributed by atoms with E-state index in [4.69, 9.17) is 4.74 Å². The van der Waals surface area contributed by atoms with E-state index in [2.05, 4.69) is 18.9 Å². The predicted molar refractivity (Wildman–Crippen MR) is 92.9 cm³/mol. The number of amides is 1. The van der Waals surface area contributed by atoms with Gasteiger partial charge in [0.15, 0.2) is 12.4 Å². The van der Waals surface area contributed by atoms with Crippen LogP contribution in [0, 0.1) is 18.8 Å². The molecule has 1 aromatic carbocycles. The first kappa shape index (κ1) is 16.6. The molecule has 0 bridgehead atoms. The Hall–Kier alpha value is -2.30. The Morgan fingerprint density at radius 2 is 1.92 bits per heavy atom. The van der Waals surface area contributed by atoms with Gasteiger partial charge in [-0.25, -0.2) is 4.68 Å². The van der Waals surface area contributed by atoms with Crippen LogP contribution in [0.5, 0.6) is 5.75 Å². The van der Waals surface area contributed by atoms with Gasteiger partial charge in [-0.15, -0.1) is 0 Å². The minimum Gasteiger partial charge on any atom is -0.471 e. The number of rotatable bonds is 4. The lowest BCUT2D eigenvalue weighted by atomic mass is 9.92. The molecule has 5 heteroatoms. The maximum Gasteiger partial charge on any atom is 0.274 e. The van der Waals surface area contributed by atoms with Crippen molar-refractivity contribution in [2.75, 3.05) is 13.1 Å². The fourth-order valence-electron chi connectivity index (χ4n) is 3.39. The van der Waals surface area contributed by atoms with Crippen molar-refractivity contribution in [1.82, 2.24) is 14.7 Å². The van der Waals surface area contributed by atoms with Crippen molar-refractivity contribution >= 4 is 5.91 Å². The second-order valence-corrected chi connectivity index (χ2v) is 6.94. The summed E-state index contributed by atoms with van der Waals surface area (Å²) in [4.78, 5) is 14.6. The Morgan fingerprint density at radius 3 is 2.62 bits per heavy atom. The van der Waals surface area contributed by atoms with Gasteiger partial charge in [0.05, 0.1) is 0 Å². The molecule has 2 aromatic rings. The van der Waals surface area contributed by atoms with E-state index in [1.165, 1.54) is 6.42 Å². The van der Waals surface area contributed by atoms with Crippen molar-refractivity contribution in [1.29, 1.82) is 0 Å². The maximum absolute atomic E-state index is 12.6. The number of carbonyl (C=O) groups is 1. The highest BCUT2D eigenvalue weighted by Gasteiger charge is 2.27. The molecular weight excluding hydrogens is 302 g/mol. The monoisotopic (exact) mass is 327 g/mol. The third-order valence-electron chi connectivity index (χ3n) is 4.46. The molecule has 3 rings (SSSR count). The van der Waals surface area contributed by atoms with E-state index >= 15 is 0 Å². The van der Waals surface area contributed by atoms with Crippen molar-refractivity contribution in [3.05, 3.63) is 47.8 Å². The van der Waals surface area contributed by atoms with Gasteiger partial charge in [0.25, 0.3) is 5.91 Å². The van der Waals surface area contributed by atoms with Crippen LogP contribution >= 0.6 is 0 Å². The summed E-state index contributed by atoms with van der Waals surface area (Å²) in [7, 11) is 0. The number of aromatic nitrogens is 2. The molecule has 0 saturated carbocycles. The molecule has 0 unspecified atom stereocenters. The third kappa shape index (κ3) is 3.78. The Balaban J connectivity index is 1.62. The smallest absolute Gasteiger partial charge is 0.274 e. The first-order chi connectivity index (χ1) is 11.5. The lowest BCUT2D eigenvalue weighted by Gasteiger charge is -2.34. The highest BCUT2D eigenvalue weighted by Crippen LogP contribution is 2.22. The van der Waals surface area contributed by atoms with Gasteiger partial charge in [-0.2, -0.15) is 5.10 Å². The minimum atomic E-state index is 0.0167. The zero-order valence-electron chi connectivity index (χ0n) is 14.6. The van der Waals surface area contributed by atoms with Crippen molar-refractivity contribution < 1.29 is 9.53 Å². The summed E-state index contributed by atoms with van der Waals surface area (Å²) in [6, 6.07) is 9.63. The number of para-hydroxylation sites is 1. The number of carbonyl (C=O) groups excluding carboxylic acids is 1. The van der Waals surface area contributed by atoms with Crippen molar-refractivity contribution in [3.63, 3.8) is 0 Å². The molecule has 5 nitrogen and oxygen atoms in total. The maximum atomic E-state index is 12.6. The number of aryl methyl sites for hydroxylation is 1. The highest BCUT2D eigenvalue weighted by atomic mass is 16.5. The Labute approximate surface area is 143 Å². The Kier molecular flexibility index (Phi) is 4.88. The van der Waals surface area contributed by atoms with Gasteiger partial charge in [-0.3, -0.25) is 4.79 Å². The summed E-state index contributed by atoms with van der Waals surface area (Å²) in [5.74, 6) is 1.94. The van der Waals surface area contributed by atoms with Crippen LogP contribution in [0.3, 0.4) is 0 Å². The highest BCUT2D eigenvalue weighted by molar-refractivity contribution is 5.92. The van der Waals surface area contributed by atoms with Crippen LogP contribution in [-0.4, -0.2) is 33.7 Å². The molecule has 1 saturated heterocycles. The molecular formula is C19H25N3O2. The quantitative estimate of drug-likeness (QED) is 0.865. The van der Waals surface area contributed by atoms with E-state index in [9.17, 15) is 4.79 Å². The summed E-state index contributed by atoms with van der Waals surface area (Å²) >= 11 is 0.